The molecule has 2 aromatic rings. The van der Waals surface area contributed by atoms with Crippen LogP contribution in [0.1, 0.15) is 45.9 Å². The molecule has 1 aromatic heterocycles. The van der Waals surface area contributed by atoms with Gasteiger partial charge in [-0.1, -0.05) is 30.7 Å². The lowest BCUT2D eigenvalue weighted by molar-refractivity contribution is 0.0946. The van der Waals surface area contributed by atoms with Crippen LogP contribution in [-0.2, 0) is 19.6 Å². The highest BCUT2D eigenvalue weighted by atomic mass is 35.5. The van der Waals surface area contributed by atoms with Crippen molar-refractivity contribution in [2.24, 2.45) is 5.73 Å². The van der Waals surface area contributed by atoms with E-state index in [9.17, 15) is 4.79 Å². The smallest absolute Gasteiger partial charge is 0.271 e. The molecule has 1 saturated heterocycles. The zero-order chi connectivity index (χ0) is 16.8. The van der Waals surface area contributed by atoms with Gasteiger partial charge in [0.25, 0.3) is 5.91 Å². The van der Waals surface area contributed by atoms with Gasteiger partial charge in [-0.25, -0.2) is 4.98 Å². The number of benzene rings is 1. The third-order valence-electron chi connectivity index (χ3n) is 4.29. The van der Waals surface area contributed by atoms with Gasteiger partial charge in [-0.2, -0.15) is 0 Å². The highest BCUT2D eigenvalue weighted by molar-refractivity contribution is 7.09. The predicted octanol–water partition coefficient (Wildman–Crippen LogP) is 3.36. The van der Waals surface area contributed by atoms with Crippen LogP contribution in [0.25, 0.3) is 0 Å². The Hall–Kier alpha value is -1.18. The molecule has 1 amide bonds. The first-order valence-corrected chi connectivity index (χ1v) is 9.35. The predicted molar refractivity (Wildman–Crippen MR) is 111 cm³/mol. The topological polar surface area (TPSA) is 71.2 Å². The Kier molecular flexibility index (Phi) is 10.1. The number of amides is 1. The van der Waals surface area contributed by atoms with Crippen LogP contribution in [0.3, 0.4) is 0 Å². The van der Waals surface area contributed by atoms with Crippen molar-refractivity contribution in [3.05, 3.63) is 51.5 Å². The number of piperidine rings is 1. The van der Waals surface area contributed by atoms with Crippen molar-refractivity contribution >= 4 is 42.1 Å². The molecule has 0 unspecified atom stereocenters. The maximum absolute atomic E-state index is 12.1. The molecule has 1 fully saturated rings. The molecule has 1 aliphatic rings. The van der Waals surface area contributed by atoms with Crippen LogP contribution < -0.4 is 11.1 Å². The summed E-state index contributed by atoms with van der Waals surface area (Å²) in [4.78, 5) is 18.8. The molecular weight excluding hydrogens is 391 g/mol. The van der Waals surface area contributed by atoms with E-state index in [4.69, 9.17) is 5.73 Å². The Balaban J connectivity index is 0.00000169. The van der Waals surface area contributed by atoms with Crippen molar-refractivity contribution in [1.29, 1.82) is 0 Å². The van der Waals surface area contributed by atoms with Crippen molar-refractivity contribution in [1.82, 2.24) is 15.2 Å². The number of carbonyl (C=O) groups excluding carboxylic acids is 1. The van der Waals surface area contributed by atoms with Crippen LogP contribution in [0, 0.1) is 0 Å². The summed E-state index contributed by atoms with van der Waals surface area (Å²) in [7, 11) is 0. The summed E-state index contributed by atoms with van der Waals surface area (Å²) >= 11 is 1.42. The largest absolute Gasteiger partial charge is 0.347 e. The molecule has 0 saturated carbocycles. The van der Waals surface area contributed by atoms with Gasteiger partial charge in [0, 0.05) is 25.0 Å². The number of nitrogens with two attached hydrogens (primary N) is 1. The van der Waals surface area contributed by atoms with E-state index in [2.05, 4.69) is 39.5 Å². The molecule has 26 heavy (non-hydrogen) atoms. The molecule has 0 atom stereocenters. The quantitative estimate of drug-likeness (QED) is 0.756. The van der Waals surface area contributed by atoms with Crippen LogP contribution in [0.15, 0.2) is 29.6 Å². The van der Waals surface area contributed by atoms with Gasteiger partial charge in [-0.3, -0.25) is 9.69 Å². The summed E-state index contributed by atoms with van der Waals surface area (Å²) in [6, 6.07) is 8.49. The zero-order valence-electron chi connectivity index (χ0n) is 14.6. The van der Waals surface area contributed by atoms with Crippen LogP contribution in [0.4, 0.5) is 0 Å². The molecule has 2 heterocycles. The Morgan fingerprint density at radius 1 is 1.12 bits per heavy atom. The summed E-state index contributed by atoms with van der Waals surface area (Å²) in [5, 5.41) is 5.44. The van der Waals surface area contributed by atoms with Crippen LogP contribution in [-0.4, -0.2) is 28.9 Å². The molecule has 0 bridgehead atoms. The lowest BCUT2D eigenvalue weighted by Crippen LogP contribution is -2.29. The summed E-state index contributed by atoms with van der Waals surface area (Å²) in [6.45, 7) is 4.31. The number of likely N-dealkylation sites (tertiary alicyclic amines) is 1. The van der Waals surface area contributed by atoms with E-state index in [0.29, 0.717) is 18.8 Å². The molecule has 1 aliphatic heterocycles. The standard InChI is InChI=1S/C18H24N4OS.2ClH/c19-10-17-21-16(13-24-17)18(23)20-11-14-4-6-15(7-5-14)12-22-8-2-1-3-9-22;;/h4-7,13H,1-3,8-12,19H2,(H,20,23);2*1H. The second kappa shape index (κ2) is 11.5. The molecule has 0 aliphatic carbocycles. The molecule has 3 N–H and O–H groups in total. The molecule has 0 spiro atoms. The highest BCUT2D eigenvalue weighted by Crippen LogP contribution is 2.14. The molecule has 8 heteroatoms. The monoisotopic (exact) mass is 416 g/mol. The Morgan fingerprint density at radius 3 is 2.38 bits per heavy atom. The number of hydrogen-bond acceptors (Lipinski definition) is 5. The number of hydrogen-bond donors (Lipinski definition) is 2. The zero-order valence-corrected chi connectivity index (χ0v) is 17.1. The fraction of sp³-hybridized carbons (Fsp3) is 0.444. The first-order valence-electron chi connectivity index (χ1n) is 8.47. The SMILES string of the molecule is Cl.Cl.NCc1nc(C(=O)NCc2ccc(CN3CCCCC3)cc2)cs1. The number of carbonyl (C=O) groups is 1. The number of rotatable bonds is 6. The van der Waals surface area contributed by atoms with E-state index in [1.54, 1.807) is 5.38 Å². The summed E-state index contributed by atoms with van der Waals surface area (Å²) in [5.74, 6) is -0.150. The number of halogens is 2. The minimum Gasteiger partial charge on any atom is -0.347 e. The van der Waals surface area contributed by atoms with Gasteiger partial charge in [0.15, 0.2) is 0 Å². The molecule has 1 aromatic carbocycles. The lowest BCUT2D eigenvalue weighted by atomic mass is 10.1. The number of nitrogens with one attached hydrogen (secondary N) is 1. The average Bonchev–Trinajstić information content (AvgIpc) is 3.11. The fourth-order valence-corrected chi connectivity index (χ4v) is 3.57. The summed E-state index contributed by atoms with van der Waals surface area (Å²) in [5.41, 5.74) is 8.40. The highest BCUT2D eigenvalue weighted by Gasteiger charge is 2.11. The van der Waals surface area contributed by atoms with Crippen LogP contribution in [0.2, 0.25) is 0 Å². The first-order chi connectivity index (χ1) is 11.7. The lowest BCUT2D eigenvalue weighted by Gasteiger charge is -2.26. The summed E-state index contributed by atoms with van der Waals surface area (Å²) in [6.07, 6.45) is 3.99. The molecular formula is C18H26Cl2N4OS. The average molecular weight is 417 g/mol. The van der Waals surface area contributed by atoms with Crippen LogP contribution >= 0.6 is 36.2 Å². The van der Waals surface area contributed by atoms with E-state index >= 15 is 0 Å². The molecule has 5 nitrogen and oxygen atoms in total. The van der Waals surface area contributed by atoms with E-state index in [-0.39, 0.29) is 30.7 Å². The third-order valence-corrected chi connectivity index (χ3v) is 5.16. The maximum Gasteiger partial charge on any atom is 0.271 e. The molecule has 144 valence electrons. The summed E-state index contributed by atoms with van der Waals surface area (Å²) < 4.78 is 0. The van der Waals surface area contributed by atoms with Gasteiger partial charge in [0.2, 0.25) is 0 Å². The molecule has 3 rings (SSSR count). The normalized spacial score (nSPS) is 14.2. The maximum atomic E-state index is 12.1. The van der Waals surface area contributed by atoms with Gasteiger partial charge in [-0.15, -0.1) is 36.2 Å². The van der Waals surface area contributed by atoms with E-state index in [1.807, 2.05) is 0 Å². The Bertz CT molecular complexity index is 672. The van der Waals surface area contributed by atoms with E-state index in [1.165, 1.54) is 49.3 Å². The number of aromatic nitrogens is 1. The van der Waals surface area contributed by atoms with Gasteiger partial charge in [-0.05, 0) is 37.1 Å². The van der Waals surface area contributed by atoms with Gasteiger partial charge in [0.1, 0.15) is 10.7 Å². The van der Waals surface area contributed by atoms with Crippen molar-refractivity contribution in [2.45, 2.75) is 38.9 Å². The number of nitrogens with zero attached hydrogens (tertiary/aromatic N) is 2. The van der Waals surface area contributed by atoms with Crippen molar-refractivity contribution in [3.63, 3.8) is 0 Å². The van der Waals surface area contributed by atoms with Crippen molar-refractivity contribution in [2.75, 3.05) is 13.1 Å². The van der Waals surface area contributed by atoms with Gasteiger partial charge < -0.3 is 11.1 Å². The minimum atomic E-state index is -0.150. The second-order valence-corrected chi connectivity index (χ2v) is 7.11. The third kappa shape index (κ3) is 6.52. The fourth-order valence-electron chi connectivity index (χ4n) is 2.92. The van der Waals surface area contributed by atoms with E-state index in [0.717, 1.165) is 17.1 Å². The van der Waals surface area contributed by atoms with Crippen molar-refractivity contribution < 1.29 is 4.79 Å². The molecule has 0 radical (unpaired) electrons. The second-order valence-electron chi connectivity index (χ2n) is 6.17. The van der Waals surface area contributed by atoms with Gasteiger partial charge in [0.05, 0.1) is 0 Å². The first kappa shape index (κ1) is 22.9. The Morgan fingerprint density at radius 2 is 1.77 bits per heavy atom. The van der Waals surface area contributed by atoms with Crippen LogP contribution in [0.5, 0.6) is 0 Å². The van der Waals surface area contributed by atoms with Gasteiger partial charge >= 0.3 is 0 Å². The number of thiazole rings is 1. The Labute approximate surface area is 171 Å². The minimum absolute atomic E-state index is 0. The van der Waals surface area contributed by atoms with Crippen molar-refractivity contribution in [3.8, 4) is 0 Å². The van der Waals surface area contributed by atoms with E-state index < -0.39 is 0 Å².